The average Bonchev–Trinajstić information content (AvgIpc) is 2.62. The maximum absolute atomic E-state index is 11.7. The van der Waals surface area contributed by atoms with Crippen molar-refractivity contribution in [3.8, 4) is 5.75 Å². The minimum absolute atomic E-state index is 0.00693. The monoisotopic (exact) mass is 404 g/mol. The zero-order valence-electron chi connectivity index (χ0n) is 15.3. The Hall–Kier alpha value is -2.31. The molecule has 1 heterocycles. The highest BCUT2D eigenvalue weighted by atomic mass is 35.5. The van der Waals surface area contributed by atoms with Crippen LogP contribution in [-0.2, 0) is 4.74 Å². The molecule has 1 aliphatic rings. The predicted octanol–water partition coefficient (Wildman–Crippen LogP) is 4.72. The van der Waals surface area contributed by atoms with Gasteiger partial charge in [0.05, 0.1) is 29.4 Å². The van der Waals surface area contributed by atoms with Gasteiger partial charge in [-0.1, -0.05) is 29.8 Å². The van der Waals surface area contributed by atoms with Gasteiger partial charge in [-0.15, -0.1) is 0 Å². The number of methoxy groups -OCH3 is 1. The zero-order valence-corrected chi connectivity index (χ0v) is 16.9. The van der Waals surface area contributed by atoms with E-state index in [0.717, 1.165) is 17.7 Å². The van der Waals surface area contributed by atoms with Crippen LogP contribution in [0, 0.1) is 0 Å². The van der Waals surface area contributed by atoms with Crippen LogP contribution in [0.4, 0.5) is 5.69 Å². The van der Waals surface area contributed by atoms with Gasteiger partial charge >= 0.3 is 5.97 Å². The van der Waals surface area contributed by atoms with Crippen molar-refractivity contribution in [3.05, 3.63) is 58.6 Å². The van der Waals surface area contributed by atoms with E-state index in [1.807, 2.05) is 38.1 Å². The third-order valence-electron chi connectivity index (χ3n) is 4.32. The van der Waals surface area contributed by atoms with Gasteiger partial charge in [0.25, 0.3) is 0 Å². The number of fused-ring (bicyclic) bond motifs is 1. The summed E-state index contributed by atoms with van der Waals surface area (Å²) in [4.78, 5) is 11.7. The number of rotatable bonds is 3. The number of hydrogen-bond donors (Lipinski definition) is 2. The fraction of sp³-hybridized carbons (Fsp3) is 0.300. The normalized spacial score (nSPS) is 17.3. The summed E-state index contributed by atoms with van der Waals surface area (Å²) in [7, 11) is 1.33. The molecule has 0 saturated heterocycles. The molecule has 1 unspecified atom stereocenters. The Morgan fingerprint density at radius 3 is 2.78 bits per heavy atom. The van der Waals surface area contributed by atoms with Crippen LogP contribution in [0.25, 0.3) is 0 Å². The molecule has 0 saturated carbocycles. The molecule has 0 fully saturated rings. The van der Waals surface area contributed by atoms with Crippen LogP contribution in [0.15, 0.2) is 42.5 Å². The molecule has 5 nitrogen and oxygen atoms in total. The largest absolute Gasteiger partial charge is 0.487 e. The van der Waals surface area contributed by atoms with E-state index in [1.54, 1.807) is 18.2 Å². The molecule has 0 spiro atoms. The molecule has 0 aromatic heterocycles. The molecule has 3 rings (SSSR count). The number of esters is 1. The highest BCUT2D eigenvalue weighted by molar-refractivity contribution is 7.80. The number of anilines is 1. The highest BCUT2D eigenvalue weighted by Gasteiger charge is 2.33. The van der Waals surface area contributed by atoms with Crippen molar-refractivity contribution in [1.82, 2.24) is 5.32 Å². The summed E-state index contributed by atoms with van der Waals surface area (Å²) in [6.07, 6.45) is 0.752. The summed E-state index contributed by atoms with van der Waals surface area (Å²) in [6.45, 7) is 4.09. The third-order valence-corrected chi connectivity index (χ3v) is 4.87. The van der Waals surface area contributed by atoms with Crippen molar-refractivity contribution < 1.29 is 14.3 Å². The number of ether oxygens (including phenoxy) is 2. The van der Waals surface area contributed by atoms with Crippen LogP contribution in [0.3, 0.4) is 0 Å². The first-order valence-corrected chi connectivity index (χ1v) is 9.31. The number of nitrogens with one attached hydrogen (secondary N) is 2. The van der Waals surface area contributed by atoms with Crippen molar-refractivity contribution >= 4 is 40.6 Å². The molecular weight excluding hydrogens is 384 g/mol. The van der Waals surface area contributed by atoms with Gasteiger partial charge in [-0.2, -0.15) is 0 Å². The third kappa shape index (κ3) is 4.51. The Morgan fingerprint density at radius 2 is 2.04 bits per heavy atom. The van der Waals surface area contributed by atoms with Crippen molar-refractivity contribution in [1.29, 1.82) is 0 Å². The zero-order chi connectivity index (χ0) is 19.6. The molecule has 142 valence electrons. The molecule has 0 aliphatic carbocycles. The predicted molar refractivity (Wildman–Crippen MR) is 111 cm³/mol. The number of thiocarbonyl (C=S) groups is 1. The van der Waals surface area contributed by atoms with E-state index in [4.69, 9.17) is 33.3 Å². The fourth-order valence-electron chi connectivity index (χ4n) is 3.11. The fourth-order valence-corrected chi connectivity index (χ4v) is 3.53. The second-order valence-electron chi connectivity index (χ2n) is 6.94. The molecular formula is C20H21ClN2O3S. The number of carbonyl (C=O) groups excluding carboxylic acids is 1. The standard InChI is InChI=1S/C20H21ClN2O3S/c1-20(2)11-16(13-6-4-5-7-17(13)26-20)23-19(27)22-15-10-12(18(24)25-3)8-9-14(15)21/h4-10,16H,11H2,1-3H3,(H2,22,23,27). The Labute approximate surface area is 169 Å². The topological polar surface area (TPSA) is 59.6 Å². The lowest BCUT2D eigenvalue weighted by molar-refractivity contribution is 0.0600. The molecule has 1 aliphatic heterocycles. The van der Waals surface area contributed by atoms with Crippen molar-refractivity contribution in [2.24, 2.45) is 0 Å². The van der Waals surface area contributed by atoms with E-state index in [2.05, 4.69) is 10.6 Å². The Bertz CT molecular complexity index is 885. The maximum Gasteiger partial charge on any atom is 0.337 e. The van der Waals surface area contributed by atoms with Crippen LogP contribution in [-0.4, -0.2) is 23.8 Å². The Kier molecular flexibility index (Phi) is 5.58. The molecule has 0 amide bonds. The molecule has 2 N–H and O–H groups in total. The lowest BCUT2D eigenvalue weighted by Crippen LogP contribution is -2.42. The van der Waals surface area contributed by atoms with E-state index in [1.165, 1.54) is 7.11 Å². The number of halogens is 1. The van der Waals surface area contributed by atoms with Gasteiger partial charge in [0.1, 0.15) is 11.4 Å². The lowest BCUT2D eigenvalue weighted by Gasteiger charge is -2.38. The first-order chi connectivity index (χ1) is 12.8. The van der Waals surface area contributed by atoms with Crippen molar-refractivity contribution in [3.63, 3.8) is 0 Å². The summed E-state index contributed by atoms with van der Waals surface area (Å²) in [5.74, 6) is 0.411. The van der Waals surface area contributed by atoms with Crippen LogP contribution in [0.2, 0.25) is 5.02 Å². The number of benzene rings is 2. The van der Waals surface area contributed by atoms with E-state index >= 15 is 0 Å². The van der Waals surface area contributed by atoms with E-state index in [0.29, 0.717) is 21.4 Å². The second-order valence-corrected chi connectivity index (χ2v) is 7.76. The van der Waals surface area contributed by atoms with E-state index in [9.17, 15) is 4.79 Å². The highest BCUT2D eigenvalue weighted by Crippen LogP contribution is 2.39. The summed E-state index contributed by atoms with van der Waals surface area (Å²) < 4.78 is 10.8. The quantitative estimate of drug-likeness (QED) is 0.570. The van der Waals surface area contributed by atoms with Gasteiger partial charge in [-0.25, -0.2) is 4.79 Å². The van der Waals surface area contributed by atoms with E-state index < -0.39 is 5.97 Å². The molecule has 1 atom stereocenters. The van der Waals surface area contributed by atoms with Crippen LogP contribution in [0.1, 0.15) is 42.2 Å². The SMILES string of the molecule is COC(=O)c1ccc(Cl)c(NC(=S)NC2CC(C)(C)Oc3ccccc32)c1. The Morgan fingerprint density at radius 1 is 1.30 bits per heavy atom. The van der Waals surface area contributed by atoms with Gasteiger partial charge in [0.15, 0.2) is 5.11 Å². The molecule has 7 heteroatoms. The summed E-state index contributed by atoms with van der Waals surface area (Å²) in [5, 5.41) is 7.28. The number of carbonyl (C=O) groups is 1. The number of para-hydroxylation sites is 1. The van der Waals surface area contributed by atoms with Gasteiger partial charge in [-0.05, 0) is 50.3 Å². The molecule has 27 heavy (non-hydrogen) atoms. The van der Waals surface area contributed by atoms with Gasteiger partial charge in [0.2, 0.25) is 0 Å². The summed E-state index contributed by atoms with van der Waals surface area (Å²) in [5.41, 5.74) is 1.67. The average molecular weight is 405 g/mol. The molecule has 2 aromatic carbocycles. The van der Waals surface area contributed by atoms with E-state index in [-0.39, 0.29) is 11.6 Å². The van der Waals surface area contributed by atoms with Crippen molar-refractivity contribution in [2.45, 2.75) is 31.9 Å². The summed E-state index contributed by atoms with van der Waals surface area (Å²) in [6, 6.07) is 12.7. The summed E-state index contributed by atoms with van der Waals surface area (Å²) >= 11 is 11.7. The minimum atomic E-state index is -0.436. The first-order valence-electron chi connectivity index (χ1n) is 8.52. The van der Waals surface area contributed by atoms with Crippen LogP contribution in [0.5, 0.6) is 5.75 Å². The smallest absolute Gasteiger partial charge is 0.337 e. The van der Waals surface area contributed by atoms with Crippen LogP contribution >= 0.6 is 23.8 Å². The molecule has 0 bridgehead atoms. The number of hydrogen-bond acceptors (Lipinski definition) is 4. The minimum Gasteiger partial charge on any atom is -0.487 e. The Balaban J connectivity index is 1.78. The van der Waals surface area contributed by atoms with Gasteiger partial charge in [0, 0.05) is 12.0 Å². The maximum atomic E-state index is 11.7. The lowest BCUT2D eigenvalue weighted by atomic mass is 9.90. The van der Waals surface area contributed by atoms with Gasteiger partial charge < -0.3 is 20.1 Å². The van der Waals surface area contributed by atoms with Crippen molar-refractivity contribution in [2.75, 3.05) is 12.4 Å². The molecule has 0 radical (unpaired) electrons. The van der Waals surface area contributed by atoms with Crippen LogP contribution < -0.4 is 15.4 Å². The first kappa shape index (κ1) is 19.5. The second kappa shape index (κ2) is 7.74. The van der Waals surface area contributed by atoms with Gasteiger partial charge in [-0.3, -0.25) is 0 Å². The molecule has 2 aromatic rings.